The van der Waals surface area contributed by atoms with Crippen LogP contribution < -0.4 is 5.32 Å². The number of carbonyl (C=O) groups is 1. The number of nitrogens with one attached hydrogen (secondary N) is 1. The van der Waals surface area contributed by atoms with E-state index in [0.717, 1.165) is 9.13 Å². The van der Waals surface area contributed by atoms with Crippen LogP contribution in [0.2, 0.25) is 0 Å². The topological polar surface area (TPSA) is 29.1 Å². The molecule has 2 nitrogen and oxygen atoms in total. The van der Waals surface area contributed by atoms with E-state index in [2.05, 4.69) is 27.9 Å². The van der Waals surface area contributed by atoms with E-state index in [-0.39, 0.29) is 11.9 Å². The third kappa shape index (κ3) is 2.97. The smallest absolute Gasteiger partial charge is 0.252 e. The SMILES string of the molecule is Cc1ccc(C(=O)NC(C)C)c(I)c1. The lowest BCUT2D eigenvalue weighted by atomic mass is 10.1. The number of hydrogen-bond donors (Lipinski definition) is 1. The first kappa shape index (κ1) is 11.5. The summed E-state index contributed by atoms with van der Waals surface area (Å²) in [6.07, 6.45) is 0. The Morgan fingerprint density at radius 2 is 2.07 bits per heavy atom. The van der Waals surface area contributed by atoms with Crippen LogP contribution in [0.4, 0.5) is 0 Å². The highest BCUT2D eigenvalue weighted by Crippen LogP contribution is 2.14. The van der Waals surface area contributed by atoms with Crippen LogP contribution in [-0.2, 0) is 0 Å². The molecule has 0 heterocycles. The summed E-state index contributed by atoms with van der Waals surface area (Å²) in [7, 11) is 0. The van der Waals surface area contributed by atoms with Crippen LogP contribution >= 0.6 is 22.6 Å². The summed E-state index contributed by atoms with van der Waals surface area (Å²) in [5.41, 5.74) is 1.93. The summed E-state index contributed by atoms with van der Waals surface area (Å²) >= 11 is 2.19. The predicted molar refractivity (Wildman–Crippen MR) is 66.5 cm³/mol. The van der Waals surface area contributed by atoms with Crippen molar-refractivity contribution in [2.45, 2.75) is 26.8 Å². The lowest BCUT2D eigenvalue weighted by Crippen LogP contribution is -2.30. The molecule has 1 aromatic carbocycles. The fraction of sp³-hybridized carbons (Fsp3) is 0.364. The second kappa shape index (κ2) is 4.77. The van der Waals surface area contributed by atoms with Crippen LogP contribution in [-0.4, -0.2) is 11.9 Å². The largest absolute Gasteiger partial charge is 0.350 e. The molecular weight excluding hydrogens is 289 g/mol. The van der Waals surface area contributed by atoms with Crippen molar-refractivity contribution in [2.24, 2.45) is 0 Å². The standard InChI is InChI=1S/C11H14INO/c1-7(2)13-11(14)9-5-4-8(3)6-10(9)12/h4-7H,1-3H3,(H,13,14). The number of aryl methyl sites for hydroxylation is 1. The van der Waals surface area contributed by atoms with Gasteiger partial charge in [-0.25, -0.2) is 0 Å². The fourth-order valence-electron chi connectivity index (χ4n) is 1.14. The van der Waals surface area contributed by atoms with Gasteiger partial charge >= 0.3 is 0 Å². The molecule has 0 radical (unpaired) electrons. The van der Waals surface area contributed by atoms with E-state index in [1.807, 2.05) is 39.0 Å². The molecule has 0 unspecified atom stereocenters. The van der Waals surface area contributed by atoms with E-state index in [9.17, 15) is 4.79 Å². The van der Waals surface area contributed by atoms with Crippen LogP contribution in [0.1, 0.15) is 29.8 Å². The first-order chi connectivity index (χ1) is 6.50. The highest BCUT2D eigenvalue weighted by Gasteiger charge is 2.10. The highest BCUT2D eigenvalue weighted by atomic mass is 127. The molecule has 1 N–H and O–H groups in total. The zero-order valence-electron chi connectivity index (χ0n) is 8.60. The second-order valence-electron chi connectivity index (χ2n) is 3.61. The maximum absolute atomic E-state index is 11.7. The number of halogens is 1. The van der Waals surface area contributed by atoms with Crippen molar-refractivity contribution < 1.29 is 4.79 Å². The van der Waals surface area contributed by atoms with E-state index >= 15 is 0 Å². The van der Waals surface area contributed by atoms with Crippen LogP contribution in [0.3, 0.4) is 0 Å². The van der Waals surface area contributed by atoms with Gasteiger partial charge in [0.15, 0.2) is 0 Å². The Morgan fingerprint density at radius 1 is 1.43 bits per heavy atom. The average Bonchev–Trinajstić information content (AvgIpc) is 2.01. The molecule has 0 aromatic heterocycles. The monoisotopic (exact) mass is 303 g/mol. The fourth-order valence-corrected chi connectivity index (χ4v) is 2.06. The Labute approximate surface area is 98.2 Å². The van der Waals surface area contributed by atoms with Crippen molar-refractivity contribution in [3.8, 4) is 0 Å². The first-order valence-corrected chi connectivity index (χ1v) is 5.65. The number of amides is 1. The number of carbonyl (C=O) groups excluding carboxylic acids is 1. The van der Waals surface area contributed by atoms with Crippen molar-refractivity contribution in [1.82, 2.24) is 5.32 Å². The van der Waals surface area contributed by atoms with E-state index in [1.165, 1.54) is 5.56 Å². The van der Waals surface area contributed by atoms with Crippen molar-refractivity contribution >= 4 is 28.5 Å². The van der Waals surface area contributed by atoms with Crippen LogP contribution in [0.25, 0.3) is 0 Å². The van der Waals surface area contributed by atoms with Crippen LogP contribution in [0, 0.1) is 10.5 Å². The Kier molecular flexibility index (Phi) is 3.92. The van der Waals surface area contributed by atoms with Crippen molar-refractivity contribution in [3.63, 3.8) is 0 Å². The maximum Gasteiger partial charge on any atom is 0.252 e. The minimum atomic E-state index is 0.00407. The molecule has 1 aromatic rings. The molecule has 0 saturated carbocycles. The zero-order chi connectivity index (χ0) is 10.7. The summed E-state index contributed by atoms with van der Waals surface area (Å²) in [6.45, 7) is 5.93. The van der Waals surface area contributed by atoms with Gasteiger partial charge in [-0.15, -0.1) is 0 Å². The minimum Gasteiger partial charge on any atom is -0.350 e. The average molecular weight is 303 g/mol. The van der Waals surface area contributed by atoms with Gasteiger partial charge in [0.1, 0.15) is 0 Å². The van der Waals surface area contributed by atoms with Gasteiger partial charge in [0, 0.05) is 9.61 Å². The van der Waals surface area contributed by atoms with Gasteiger partial charge in [-0.3, -0.25) is 4.79 Å². The summed E-state index contributed by atoms with van der Waals surface area (Å²) in [5, 5.41) is 2.88. The maximum atomic E-state index is 11.7. The Morgan fingerprint density at radius 3 is 2.57 bits per heavy atom. The van der Waals surface area contributed by atoms with E-state index in [4.69, 9.17) is 0 Å². The van der Waals surface area contributed by atoms with Gasteiger partial charge in [-0.2, -0.15) is 0 Å². The molecule has 0 spiro atoms. The van der Waals surface area contributed by atoms with Crippen molar-refractivity contribution in [3.05, 3.63) is 32.9 Å². The first-order valence-electron chi connectivity index (χ1n) is 4.57. The van der Waals surface area contributed by atoms with E-state index in [1.54, 1.807) is 0 Å². The molecule has 76 valence electrons. The molecule has 0 aliphatic carbocycles. The van der Waals surface area contributed by atoms with Gasteiger partial charge in [0.25, 0.3) is 5.91 Å². The molecular formula is C11H14INO. The Balaban J connectivity index is 2.90. The minimum absolute atomic E-state index is 0.00407. The molecule has 3 heteroatoms. The normalized spacial score (nSPS) is 10.4. The second-order valence-corrected chi connectivity index (χ2v) is 4.77. The number of benzene rings is 1. The number of hydrogen-bond acceptors (Lipinski definition) is 1. The van der Waals surface area contributed by atoms with Gasteiger partial charge in [-0.05, 0) is 55.5 Å². The third-order valence-corrected chi connectivity index (χ3v) is 2.68. The van der Waals surface area contributed by atoms with Crippen molar-refractivity contribution in [2.75, 3.05) is 0 Å². The summed E-state index contributed by atoms with van der Waals surface area (Å²) < 4.78 is 1.00. The molecule has 1 rings (SSSR count). The molecule has 0 fully saturated rings. The third-order valence-electron chi connectivity index (χ3n) is 1.79. The van der Waals surface area contributed by atoms with Gasteiger partial charge in [-0.1, -0.05) is 11.6 Å². The lowest BCUT2D eigenvalue weighted by molar-refractivity contribution is 0.0942. The van der Waals surface area contributed by atoms with Crippen molar-refractivity contribution in [1.29, 1.82) is 0 Å². The predicted octanol–water partition coefficient (Wildman–Crippen LogP) is 2.74. The Hall–Kier alpha value is -0.580. The Bertz CT molecular complexity index is 347. The molecule has 14 heavy (non-hydrogen) atoms. The molecule has 0 atom stereocenters. The summed E-state index contributed by atoms with van der Waals surface area (Å²) in [5.74, 6) is 0.00407. The number of rotatable bonds is 2. The van der Waals surface area contributed by atoms with Gasteiger partial charge < -0.3 is 5.32 Å². The zero-order valence-corrected chi connectivity index (χ0v) is 10.8. The lowest BCUT2D eigenvalue weighted by Gasteiger charge is -2.09. The highest BCUT2D eigenvalue weighted by molar-refractivity contribution is 14.1. The van der Waals surface area contributed by atoms with E-state index < -0.39 is 0 Å². The molecule has 0 bridgehead atoms. The molecule has 0 aliphatic heterocycles. The summed E-state index contributed by atoms with van der Waals surface area (Å²) in [4.78, 5) is 11.7. The van der Waals surface area contributed by atoms with Gasteiger partial charge in [0.2, 0.25) is 0 Å². The molecule has 0 saturated heterocycles. The van der Waals surface area contributed by atoms with E-state index in [0.29, 0.717) is 0 Å². The van der Waals surface area contributed by atoms with Crippen LogP contribution in [0.15, 0.2) is 18.2 Å². The molecule has 1 amide bonds. The van der Waals surface area contributed by atoms with Gasteiger partial charge in [0.05, 0.1) is 5.56 Å². The summed E-state index contributed by atoms with van der Waals surface area (Å²) in [6, 6.07) is 6.02. The quantitative estimate of drug-likeness (QED) is 0.836. The van der Waals surface area contributed by atoms with Crippen LogP contribution in [0.5, 0.6) is 0 Å². The molecule has 0 aliphatic rings.